The number of rotatable bonds is 29. The number of unbranched alkanes of at least 4 members (excludes halogenated alkanes) is 4. The molecule has 1 aliphatic heterocycles. The van der Waals surface area contributed by atoms with Gasteiger partial charge in [-0.15, -0.1) is 0 Å². The Morgan fingerprint density at radius 2 is 1.05 bits per heavy atom. The van der Waals surface area contributed by atoms with Crippen LogP contribution in [0.5, 0.6) is 0 Å². The average Bonchev–Trinajstić information content (AvgIpc) is 3.44. The maximum absolute atomic E-state index is 14.5. The number of aliphatic hydroxyl groups is 2. The maximum atomic E-state index is 14.5. The van der Waals surface area contributed by atoms with Crippen LogP contribution >= 0.6 is 0 Å². The van der Waals surface area contributed by atoms with Gasteiger partial charge in [0.2, 0.25) is 65.0 Å². The van der Waals surface area contributed by atoms with Crippen molar-refractivity contribution < 1.29 is 63.0 Å². The summed E-state index contributed by atoms with van der Waals surface area (Å²) in [6.07, 6.45) is 0.0313. The van der Waals surface area contributed by atoms with E-state index >= 15 is 0 Å². The van der Waals surface area contributed by atoms with Gasteiger partial charge in [0.1, 0.15) is 60.4 Å². The van der Waals surface area contributed by atoms with Gasteiger partial charge in [-0.1, -0.05) is 76.8 Å². The molecular weight excluding hydrogens is 1090 g/mol. The zero-order valence-electron chi connectivity index (χ0n) is 49.3. The molecule has 11 amide bonds. The third-order valence-electron chi connectivity index (χ3n) is 13.7. The van der Waals surface area contributed by atoms with Crippen LogP contribution < -0.4 is 87.2 Å². The molecule has 0 saturated carbocycles. The van der Waals surface area contributed by atoms with Crippen molar-refractivity contribution in [2.75, 3.05) is 39.3 Å². The summed E-state index contributed by atoms with van der Waals surface area (Å²) in [4.78, 5) is 154. The molecule has 0 radical (unpaired) electrons. The predicted octanol–water partition coefficient (Wildman–Crippen LogP) is -5.49. The van der Waals surface area contributed by atoms with Gasteiger partial charge in [0.25, 0.3) is 0 Å². The molecule has 3 unspecified atom stereocenters. The summed E-state index contributed by atoms with van der Waals surface area (Å²) in [7, 11) is 0. The van der Waals surface area contributed by atoms with Gasteiger partial charge >= 0.3 is 0 Å². The summed E-state index contributed by atoms with van der Waals surface area (Å²) in [5.74, 6) is -9.94. The molecule has 2 rings (SSSR count). The number of hydrogen-bond acceptors (Lipinski definition) is 18. The van der Waals surface area contributed by atoms with E-state index in [0.717, 1.165) is 25.7 Å². The minimum absolute atomic E-state index is 0.0143. The third kappa shape index (κ3) is 26.4. The van der Waals surface area contributed by atoms with Crippen LogP contribution in [-0.4, -0.2) is 187 Å². The molecule has 1 saturated heterocycles. The van der Waals surface area contributed by atoms with E-state index in [1.807, 2.05) is 0 Å². The van der Waals surface area contributed by atoms with E-state index in [4.69, 9.17) is 28.7 Å². The van der Waals surface area contributed by atoms with Crippen LogP contribution in [0.2, 0.25) is 0 Å². The first-order valence-corrected chi connectivity index (χ1v) is 29.2. The Hall–Kier alpha value is -6.89. The molecule has 474 valence electrons. The van der Waals surface area contributed by atoms with Gasteiger partial charge in [-0.2, -0.15) is 0 Å². The number of amides is 11. The van der Waals surface area contributed by atoms with Crippen molar-refractivity contribution >= 4 is 65.0 Å². The zero-order chi connectivity index (χ0) is 62.9. The lowest BCUT2D eigenvalue weighted by molar-refractivity contribution is -0.137. The highest BCUT2D eigenvalue weighted by Gasteiger charge is 2.37. The Balaban J connectivity index is 2.68. The normalized spacial score (nSPS) is 22.6. The van der Waals surface area contributed by atoms with Gasteiger partial charge in [-0.25, -0.2) is 0 Å². The highest BCUT2D eigenvalue weighted by molar-refractivity contribution is 5.99. The second-order valence-corrected chi connectivity index (χ2v) is 21.5. The van der Waals surface area contributed by atoms with Crippen molar-refractivity contribution in [3.05, 3.63) is 35.9 Å². The van der Waals surface area contributed by atoms with Crippen LogP contribution in [0.25, 0.3) is 0 Å². The van der Waals surface area contributed by atoms with Crippen molar-refractivity contribution in [3.63, 3.8) is 0 Å². The fourth-order valence-electron chi connectivity index (χ4n) is 9.03. The first-order chi connectivity index (χ1) is 39.9. The van der Waals surface area contributed by atoms with Gasteiger partial charge < -0.3 is 97.4 Å². The minimum Gasteiger partial charge on any atom is -0.391 e. The largest absolute Gasteiger partial charge is 0.391 e. The predicted molar refractivity (Wildman–Crippen MR) is 312 cm³/mol. The van der Waals surface area contributed by atoms with Gasteiger partial charge in [0.05, 0.1) is 12.2 Å². The molecule has 1 fully saturated rings. The third-order valence-corrected chi connectivity index (χ3v) is 13.7. The van der Waals surface area contributed by atoms with Crippen LogP contribution in [0, 0.1) is 5.92 Å². The van der Waals surface area contributed by atoms with E-state index in [1.165, 1.54) is 13.8 Å². The van der Waals surface area contributed by atoms with E-state index in [2.05, 4.69) is 65.4 Å². The fraction of sp³-hybridized carbons (Fsp3) is 0.691. The molecule has 0 aliphatic carbocycles. The summed E-state index contributed by atoms with van der Waals surface area (Å²) in [6, 6.07) is -6.22. The molecule has 1 aromatic carbocycles. The summed E-state index contributed by atoms with van der Waals surface area (Å²) >= 11 is 0. The summed E-state index contributed by atoms with van der Waals surface area (Å²) in [5, 5.41) is 49.6. The SMILES string of the molecule is CCCCCCCC(=O)N[C@@H](CCN)C(=O)N[C@H](C(=O)N[C@@H](CCN)C(=O)NC1CCNC(=O)C([C@@H](C)O)NC(=O)[C@H](CCN)NC(=O)[C@H](CCN)NC(=O)[C@H](CC(C)C)NC(=O)[C@H](Cc2ccccc2)NC(=O)C(CCN)NC1=O)[C@@H](C)O. The van der Waals surface area contributed by atoms with Gasteiger partial charge in [0.15, 0.2) is 0 Å². The van der Waals surface area contributed by atoms with Crippen LogP contribution in [0.3, 0.4) is 0 Å². The van der Waals surface area contributed by atoms with E-state index in [9.17, 15) is 63.0 Å². The lowest BCUT2D eigenvalue weighted by Gasteiger charge is -2.29. The van der Waals surface area contributed by atoms with E-state index < -0.39 is 151 Å². The van der Waals surface area contributed by atoms with E-state index in [1.54, 1.807) is 44.2 Å². The Kier molecular flexibility index (Phi) is 34.5. The molecule has 84 heavy (non-hydrogen) atoms. The molecule has 1 aliphatic rings. The fourth-order valence-corrected chi connectivity index (χ4v) is 9.03. The van der Waals surface area contributed by atoms with Crippen LogP contribution in [-0.2, 0) is 59.2 Å². The monoisotopic (exact) mass is 1190 g/mol. The Morgan fingerprint density at radius 3 is 1.56 bits per heavy atom. The molecular formula is C55H96N16O13. The number of carbonyl (C=O) groups is 11. The number of aliphatic hydroxyl groups excluding tert-OH is 2. The first kappa shape index (κ1) is 73.2. The van der Waals surface area contributed by atoms with Crippen LogP contribution in [0.15, 0.2) is 30.3 Å². The average molecular weight is 1190 g/mol. The molecule has 1 heterocycles. The van der Waals surface area contributed by atoms with Crippen molar-refractivity contribution in [1.29, 1.82) is 0 Å². The quantitative estimate of drug-likeness (QED) is 0.0333. The standard InChI is InChI=1S/C55H96N16O13/c1-6-7-8-9-13-16-43(74)62-35(17-23-56)50(79)71-45(33(5)73)55(84)67-38(20-26-59)47(76)66-40-22-28-61-54(83)44(32(4)72)70-51(80)39(21-27-60)64-46(75)36(18-24-57)65-52(81)41(29-31(2)3)68-53(82)42(30-34-14-11-10-12-15-34)69-48(77)37(19-25-58)63-49(40)78/h10-12,14-15,31-33,35-42,44-45,72-73H,6-9,13,16-30,56-60H2,1-5H3,(H,61,83)(H,62,74)(H,63,78)(H,64,75)(H,65,81)(H,66,76)(H,67,84)(H,68,82)(H,69,77)(H,70,80)(H,71,79)/t32-,33-,35+,36+,37?,38+,39+,40?,41+,42+,44?,45+/m1/s1. The Bertz CT molecular complexity index is 2280. The molecule has 12 atom stereocenters. The van der Waals surface area contributed by atoms with Crippen molar-refractivity contribution in [1.82, 2.24) is 58.5 Å². The minimum atomic E-state index is -1.70. The van der Waals surface area contributed by atoms with E-state index in [-0.39, 0.29) is 90.0 Å². The molecule has 23 N–H and O–H groups in total. The van der Waals surface area contributed by atoms with Crippen molar-refractivity contribution in [3.8, 4) is 0 Å². The summed E-state index contributed by atoms with van der Waals surface area (Å²) in [5.41, 5.74) is 29.9. The maximum Gasteiger partial charge on any atom is 0.245 e. The van der Waals surface area contributed by atoms with Crippen LogP contribution in [0.4, 0.5) is 0 Å². The lowest BCUT2D eigenvalue weighted by atomic mass is 10.00. The molecule has 0 spiro atoms. The highest BCUT2D eigenvalue weighted by Crippen LogP contribution is 2.12. The number of nitrogens with two attached hydrogens (primary N) is 5. The zero-order valence-corrected chi connectivity index (χ0v) is 49.3. The summed E-state index contributed by atoms with van der Waals surface area (Å²) in [6.45, 7) is 6.87. The van der Waals surface area contributed by atoms with Crippen molar-refractivity contribution in [2.45, 2.75) is 197 Å². The molecule has 29 heteroatoms. The number of hydrogen-bond donors (Lipinski definition) is 18. The number of carbonyl (C=O) groups excluding carboxylic acids is 11. The second kappa shape index (κ2) is 39.6. The Labute approximate surface area is 491 Å². The number of benzene rings is 1. The molecule has 0 bridgehead atoms. The first-order valence-electron chi connectivity index (χ1n) is 29.2. The molecule has 0 aromatic heterocycles. The van der Waals surface area contributed by atoms with E-state index in [0.29, 0.717) is 12.0 Å². The number of nitrogens with one attached hydrogen (secondary N) is 11. The smallest absolute Gasteiger partial charge is 0.245 e. The van der Waals surface area contributed by atoms with Crippen LogP contribution in [0.1, 0.15) is 124 Å². The lowest BCUT2D eigenvalue weighted by Crippen LogP contribution is -2.62. The molecule has 29 nitrogen and oxygen atoms in total. The topological polar surface area (TPSA) is 491 Å². The second-order valence-electron chi connectivity index (χ2n) is 21.5. The highest BCUT2D eigenvalue weighted by atomic mass is 16.3. The van der Waals surface area contributed by atoms with Gasteiger partial charge in [-0.3, -0.25) is 52.7 Å². The van der Waals surface area contributed by atoms with Gasteiger partial charge in [0, 0.05) is 19.4 Å². The Morgan fingerprint density at radius 1 is 0.560 bits per heavy atom. The molecule has 1 aromatic rings. The summed E-state index contributed by atoms with van der Waals surface area (Å²) < 4.78 is 0. The van der Waals surface area contributed by atoms with Gasteiger partial charge in [-0.05, 0) is 109 Å². The van der Waals surface area contributed by atoms with Crippen molar-refractivity contribution in [2.24, 2.45) is 34.6 Å².